The summed E-state index contributed by atoms with van der Waals surface area (Å²) < 4.78 is 5.26. The Morgan fingerprint density at radius 3 is 2.36 bits per heavy atom. The summed E-state index contributed by atoms with van der Waals surface area (Å²) in [6.07, 6.45) is 5.82. The lowest BCUT2D eigenvalue weighted by Gasteiger charge is -2.39. The summed E-state index contributed by atoms with van der Waals surface area (Å²) in [5.74, 6) is 0.529. The summed E-state index contributed by atoms with van der Waals surface area (Å²) in [7, 11) is 3.15. The van der Waals surface area contributed by atoms with Gasteiger partial charge in [-0.1, -0.05) is 31.4 Å². The Labute approximate surface area is 149 Å². The van der Waals surface area contributed by atoms with Crippen LogP contribution in [0.4, 0.5) is 4.79 Å². The van der Waals surface area contributed by atoms with Gasteiger partial charge in [0.25, 0.3) is 0 Å². The standard InChI is InChI=1S/C19H29N3O3/c1-14(17(23)22-18(24)20-2)21-13-19(11-5-4-6-12-19)15-7-9-16(25-3)10-8-15/h7-10,14,21H,4-6,11-13H2,1-3H3,(H2,20,22,23,24)/t14-/m1/s1. The second kappa shape index (κ2) is 8.85. The molecule has 0 heterocycles. The predicted octanol–water partition coefficient (Wildman–Crippen LogP) is 2.33. The minimum absolute atomic E-state index is 0.0199. The number of rotatable bonds is 6. The molecule has 138 valence electrons. The molecule has 1 aliphatic rings. The van der Waals surface area contributed by atoms with Crippen LogP contribution >= 0.6 is 0 Å². The Morgan fingerprint density at radius 2 is 1.80 bits per heavy atom. The number of urea groups is 1. The first kappa shape index (κ1) is 19.2. The van der Waals surface area contributed by atoms with Crippen molar-refractivity contribution >= 4 is 11.9 Å². The molecule has 0 aliphatic heterocycles. The molecule has 6 nitrogen and oxygen atoms in total. The lowest BCUT2D eigenvalue weighted by Crippen LogP contribution is -2.51. The third-order valence-electron chi connectivity index (χ3n) is 5.12. The highest BCUT2D eigenvalue weighted by molar-refractivity contribution is 5.96. The lowest BCUT2D eigenvalue weighted by molar-refractivity contribution is -0.121. The van der Waals surface area contributed by atoms with Gasteiger partial charge in [-0.15, -0.1) is 0 Å². The fourth-order valence-corrected chi connectivity index (χ4v) is 3.46. The van der Waals surface area contributed by atoms with Crippen LogP contribution in [0.25, 0.3) is 0 Å². The van der Waals surface area contributed by atoms with Gasteiger partial charge in [0.1, 0.15) is 5.75 Å². The molecule has 1 aromatic carbocycles. The lowest BCUT2D eigenvalue weighted by atomic mass is 9.69. The third-order valence-corrected chi connectivity index (χ3v) is 5.12. The molecule has 0 radical (unpaired) electrons. The number of ether oxygens (including phenoxy) is 1. The van der Waals surface area contributed by atoms with Gasteiger partial charge in [-0.3, -0.25) is 10.1 Å². The normalized spacial score (nSPS) is 17.4. The Balaban J connectivity index is 2.06. The van der Waals surface area contributed by atoms with E-state index in [1.165, 1.54) is 31.9 Å². The van der Waals surface area contributed by atoms with Crippen molar-refractivity contribution in [3.8, 4) is 5.75 Å². The second-order valence-corrected chi connectivity index (χ2v) is 6.74. The molecule has 6 heteroatoms. The van der Waals surface area contributed by atoms with E-state index >= 15 is 0 Å². The maximum Gasteiger partial charge on any atom is 0.321 e. The van der Waals surface area contributed by atoms with Crippen molar-refractivity contribution in [3.05, 3.63) is 29.8 Å². The van der Waals surface area contributed by atoms with E-state index < -0.39 is 12.1 Å². The zero-order valence-corrected chi connectivity index (χ0v) is 15.4. The molecule has 1 fully saturated rings. The average Bonchev–Trinajstić information content (AvgIpc) is 2.66. The predicted molar refractivity (Wildman–Crippen MR) is 97.8 cm³/mol. The molecule has 0 bridgehead atoms. The van der Waals surface area contributed by atoms with Crippen molar-refractivity contribution in [1.82, 2.24) is 16.0 Å². The van der Waals surface area contributed by atoms with Crippen LogP contribution in [-0.2, 0) is 10.2 Å². The highest BCUT2D eigenvalue weighted by Gasteiger charge is 2.34. The molecule has 1 atom stereocenters. The fraction of sp³-hybridized carbons (Fsp3) is 0.579. The van der Waals surface area contributed by atoms with E-state index in [0.29, 0.717) is 6.54 Å². The first-order chi connectivity index (χ1) is 12.0. The molecule has 3 N–H and O–H groups in total. The van der Waals surface area contributed by atoms with Gasteiger partial charge in [0, 0.05) is 19.0 Å². The Hall–Kier alpha value is -2.08. The Bertz CT molecular complexity index is 580. The van der Waals surface area contributed by atoms with Crippen molar-refractivity contribution in [2.45, 2.75) is 50.5 Å². The smallest absolute Gasteiger partial charge is 0.321 e. The Morgan fingerprint density at radius 1 is 1.16 bits per heavy atom. The number of amides is 3. The molecule has 0 unspecified atom stereocenters. The quantitative estimate of drug-likeness (QED) is 0.738. The van der Waals surface area contributed by atoms with Crippen LogP contribution in [0.3, 0.4) is 0 Å². The van der Waals surface area contributed by atoms with Crippen LogP contribution in [0.2, 0.25) is 0 Å². The van der Waals surface area contributed by atoms with Gasteiger partial charge in [-0.25, -0.2) is 4.79 Å². The average molecular weight is 347 g/mol. The van der Waals surface area contributed by atoms with Crippen LogP contribution in [0.1, 0.15) is 44.6 Å². The molecule has 1 aromatic rings. The molecule has 1 aliphatic carbocycles. The molecule has 1 saturated carbocycles. The minimum Gasteiger partial charge on any atom is -0.497 e. The summed E-state index contributed by atoms with van der Waals surface area (Å²) >= 11 is 0. The van der Waals surface area contributed by atoms with Crippen LogP contribution in [-0.4, -0.2) is 38.7 Å². The molecular weight excluding hydrogens is 318 g/mol. The summed E-state index contributed by atoms with van der Waals surface area (Å²) in [5, 5.41) is 8.03. The van der Waals surface area contributed by atoms with E-state index in [-0.39, 0.29) is 11.3 Å². The molecule has 2 rings (SSSR count). The SMILES string of the molecule is CNC(=O)NC(=O)[C@@H](C)NCC1(c2ccc(OC)cc2)CCCCC1. The molecule has 3 amide bonds. The number of imide groups is 1. The fourth-order valence-electron chi connectivity index (χ4n) is 3.46. The Kier molecular flexibility index (Phi) is 6.82. The molecule has 0 aromatic heterocycles. The van der Waals surface area contributed by atoms with Crippen molar-refractivity contribution in [2.75, 3.05) is 20.7 Å². The van der Waals surface area contributed by atoms with Crippen molar-refractivity contribution in [3.63, 3.8) is 0 Å². The third kappa shape index (κ3) is 4.95. The summed E-state index contributed by atoms with van der Waals surface area (Å²) in [6, 6.07) is 7.32. The minimum atomic E-state index is -0.485. The maximum absolute atomic E-state index is 12.1. The van der Waals surface area contributed by atoms with Gasteiger partial charge in [0.2, 0.25) is 5.91 Å². The number of hydrogen-bond donors (Lipinski definition) is 3. The topological polar surface area (TPSA) is 79.5 Å². The van der Waals surface area contributed by atoms with E-state index in [2.05, 4.69) is 28.1 Å². The zero-order valence-electron chi connectivity index (χ0n) is 15.4. The molecular formula is C19H29N3O3. The van der Waals surface area contributed by atoms with Gasteiger partial charge in [-0.2, -0.15) is 0 Å². The van der Waals surface area contributed by atoms with Crippen LogP contribution in [0.15, 0.2) is 24.3 Å². The molecule has 0 spiro atoms. The van der Waals surface area contributed by atoms with Gasteiger partial charge < -0.3 is 15.4 Å². The van der Waals surface area contributed by atoms with Crippen LogP contribution in [0, 0.1) is 0 Å². The molecule has 0 saturated heterocycles. The van der Waals surface area contributed by atoms with Gasteiger partial charge in [0.05, 0.1) is 13.2 Å². The van der Waals surface area contributed by atoms with Gasteiger partial charge >= 0.3 is 6.03 Å². The summed E-state index contributed by atoms with van der Waals surface area (Å²) in [6.45, 7) is 2.49. The van der Waals surface area contributed by atoms with Gasteiger partial charge in [0.15, 0.2) is 0 Å². The van der Waals surface area contributed by atoms with E-state index in [9.17, 15) is 9.59 Å². The number of carbonyl (C=O) groups excluding carboxylic acids is 2. The van der Waals surface area contributed by atoms with Crippen molar-refractivity contribution in [2.24, 2.45) is 0 Å². The highest BCUT2D eigenvalue weighted by Crippen LogP contribution is 2.39. The largest absolute Gasteiger partial charge is 0.497 e. The number of carbonyl (C=O) groups is 2. The highest BCUT2D eigenvalue weighted by atomic mass is 16.5. The number of benzene rings is 1. The first-order valence-corrected chi connectivity index (χ1v) is 8.91. The van der Waals surface area contributed by atoms with Crippen LogP contribution < -0.4 is 20.7 Å². The summed E-state index contributed by atoms with van der Waals surface area (Å²) in [4.78, 5) is 23.4. The number of methoxy groups -OCH3 is 1. The van der Waals surface area contributed by atoms with E-state index in [1.807, 2.05) is 12.1 Å². The second-order valence-electron chi connectivity index (χ2n) is 6.74. The first-order valence-electron chi connectivity index (χ1n) is 8.91. The van der Waals surface area contributed by atoms with E-state index in [0.717, 1.165) is 18.6 Å². The van der Waals surface area contributed by atoms with Crippen molar-refractivity contribution in [1.29, 1.82) is 0 Å². The van der Waals surface area contributed by atoms with Crippen LogP contribution in [0.5, 0.6) is 5.75 Å². The van der Waals surface area contributed by atoms with Crippen molar-refractivity contribution < 1.29 is 14.3 Å². The number of nitrogens with one attached hydrogen (secondary N) is 3. The summed E-state index contributed by atoms with van der Waals surface area (Å²) in [5.41, 5.74) is 1.30. The maximum atomic E-state index is 12.1. The van der Waals surface area contributed by atoms with E-state index in [1.54, 1.807) is 14.0 Å². The number of hydrogen-bond acceptors (Lipinski definition) is 4. The van der Waals surface area contributed by atoms with Gasteiger partial charge in [-0.05, 0) is 37.5 Å². The monoisotopic (exact) mass is 347 g/mol. The van der Waals surface area contributed by atoms with E-state index in [4.69, 9.17) is 4.74 Å². The zero-order chi connectivity index (χ0) is 18.3. The molecule has 25 heavy (non-hydrogen) atoms.